The lowest BCUT2D eigenvalue weighted by atomic mass is 9.83. The van der Waals surface area contributed by atoms with E-state index in [0.29, 0.717) is 11.8 Å². The third-order valence-electron chi connectivity index (χ3n) is 5.91. The zero-order valence-electron chi connectivity index (χ0n) is 13.1. The second kappa shape index (κ2) is 4.64. The van der Waals surface area contributed by atoms with Gasteiger partial charge in [-0.15, -0.1) is 0 Å². The zero-order chi connectivity index (χ0) is 15.5. The van der Waals surface area contributed by atoms with Gasteiger partial charge in [0.25, 0.3) is 0 Å². The first-order valence-corrected chi connectivity index (χ1v) is 8.10. The van der Waals surface area contributed by atoms with Crippen LogP contribution in [0, 0.1) is 0 Å². The number of ether oxygens (including phenoxy) is 2. The van der Waals surface area contributed by atoms with Crippen LogP contribution < -0.4 is 9.47 Å². The Morgan fingerprint density at radius 3 is 2.45 bits per heavy atom. The predicted octanol–water partition coefficient (Wildman–Crippen LogP) is 3.57. The monoisotopic (exact) mass is 302 g/mol. The Bertz CT molecular complexity index is 645. The lowest BCUT2D eigenvalue weighted by Crippen LogP contribution is -2.16. The largest absolute Gasteiger partial charge is 0.496 e. The second-order valence-corrected chi connectivity index (χ2v) is 7.04. The minimum Gasteiger partial charge on any atom is -0.496 e. The molecule has 1 N–H and O–H groups in total. The van der Waals surface area contributed by atoms with Crippen molar-refractivity contribution in [3.8, 4) is 11.5 Å². The lowest BCUT2D eigenvalue weighted by molar-refractivity contribution is -0.137. The van der Waals surface area contributed by atoms with Crippen LogP contribution in [-0.4, -0.2) is 25.3 Å². The highest BCUT2D eigenvalue weighted by Gasteiger charge is 2.51. The molecule has 3 aliphatic carbocycles. The molecule has 0 aromatic heterocycles. The second-order valence-electron chi connectivity index (χ2n) is 7.04. The molecule has 3 aliphatic rings. The number of methoxy groups -OCH3 is 2. The number of fused-ring (bicyclic) bond motifs is 5. The quantitative estimate of drug-likeness (QED) is 0.903. The van der Waals surface area contributed by atoms with Crippen molar-refractivity contribution in [3.63, 3.8) is 0 Å². The van der Waals surface area contributed by atoms with E-state index in [4.69, 9.17) is 9.47 Å². The molecule has 0 amide bonds. The number of hydrogen-bond donors (Lipinski definition) is 1. The number of carboxylic acid groups (broad SMARTS) is 1. The Morgan fingerprint density at radius 2 is 1.91 bits per heavy atom. The van der Waals surface area contributed by atoms with E-state index in [-0.39, 0.29) is 11.8 Å². The van der Waals surface area contributed by atoms with Crippen LogP contribution in [0.15, 0.2) is 6.07 Å². The molecule has 2 fully saturated rings. The number of benzene rings is 1. The summed E-state index contributed by atoms with van der Waals surface area (Å²) in [5, 5.41) is 9.27. The molecule has 0 spiro atoms. The van der Waals surface area contributed by atoms with Gasteiger partial charge in [0.15, 0.2) is 0 Å². The highest BCUT2D eigenvalue weighted by atomic mass is 16.5. The van der Waals surface area contributed by atoms with Gasteiger partial charge in [0, 0.05) is 22.1 Å². The fourth-order valence-corrected chi connectivity index (χ4v) is 4.77. The van der Waals surface area contributed by atoms with Crippen LogP contribution in [0.1, 0.15) is 67.1 Å². The van der Waals surface area contributed by atoms with E-state index in [1.165, 1.54) is 30.4 Å². The highest BCUT2D eigenvalue weighted by molar-refractivity contribution is 5.72. The van der Waals surface area contributed by atoms with E-state index in [9.17, 15) is 9.90 Å². The first-order chi connectivity index (χ1) is 10.6. The van der Waals surface area contributed by atoms with Crippen molar-refractivity contribution in [1.82, 2.24) is 0 Å². The first-order valence-electron chi connectivity index (χ1n) is 8.10. The summed E-state index contributed by atoms with van der Waals surface area (Å²) in [6.07, 6.45) is 5.66. The van der Waals surface area contributed by atoms with E-state index in [2.05, 4.69) is 6.07 Å². The third-order valence-corrected chi connectivity index (χ3v) is 5.91. The summed E-state index contributed by atoms with van der Waals surface area (Å²) < 4.78 is 11.5. The third kappa shape index (κ3) is 1.79. The van der Waals surface area contributed by atoms with Crippen LogP contribution in [0.2, 0.25) is 0 Å². The molecule has 4 heteroatoms. The summed E-state index contributed by atoms with van der Waals surface area (Å²) >= 11 is 0. The number of hydrogen-bond acceptors (Lipinski definition) is 3. The average molecular weight is 302 g/mol. The van der Waals surface area contributed by atoms with Gasteiger partial charge in [-0.3, -0.25) is 4.79 Å². The van der Waals surface area contributed by atoms with Gasteiger partial charge in [0.05, 0.1) is 20.6 Å². The molecule has 118 valence electrons. The Labute approximate surface area is 130 Å². The van der Waals surface area contributed by atoms with Gasteiger partial charge in [-0.2, -0.15) is 0 Å². The molecule has 0 heterocycles. The van der Waals surface area contributed by atoms with Crippen molar-refractivity contribution >= 4 is 5.97 Å². The molecule has 2 unspecified atom stereocenters. The molecule has 2 bridgehead atoms. The predicted molar refractivity (Wildman–Crippen MR) is 82.0 cm³/mol. The average Bonchev–Trinajstić information content (AvgIpc) is 2.98. The maximum absolute atomic E-state index is 11.3. The van der Waals surface area contributed by atoms with Crippen LogP contribution in [0.4, 0.5) is 0 Å². The molecule has 22 heavy (non-hydrogen) atoms. The first kappa shape index (κ1) is 13.9. The van der Waals surface area contributed by atoms with Crippen molar-refractivity contribution in [1.29, 1.82) is 0 Å². The van der Waals surface area contributed by atoms with Crippen molar-refractivity contribution in [3.05, 3.63) is 22.8 Å². The summed E-state index contributed by atoms with van der Waals surface area (Å²) in [6.45, 7) is 0. The zero-order valence-corrected chi connectivity index (χ0v) is 13.1. The van der Waals surface area contributed by atoms with Crippen molar-refractivity contribution in [2.24, 2.45) is 0 Å². The summed E-state index contributed by atoms with van der Waals surface area (Å²) in [7, 11) is 3.43. The topological polar surface area (TPSA) is 55.8 Å². The molecule has 1 aromatic carbocycles. The molecule has 1 aromatic rings. The summed E-state index contributed by atoms with van der Waals surface area (Å²) in [5.41, 5.74) is 3.44. The molecule has 2 atom stereocenters. The van der Waals surface area contributed by atoms with Crippen LogP contribution in [-0.2, 0) is 10.2 Å². The maximum Gasteiger partial charge on any atom is 0.304 e. The van der Waals surface area contributed by atoms with E-state index in [1.807, 2.05) is 0 Å². The summed E-state index contributed by atoms with van der Waals surface area (Å²) in [5.74, 6) is 2.30. The minimum atomic E-state index is -0.736. The Hall–Kier alpha value is -1.71. The van der Waals surface area contributed by atoms with Gasteiger partial charge in [-0.1, -0.05) is 0 Å². The fourth-order valence-electron chi connectivity index (χ4n) is 4.77. The molecule has 2 saturated carbocycles. The number of carboxylic acids is 1. The Kier molecular flexibility index (Phi) is 2.94. The Balaban J connectivity index is 1.90. The van der Waals surface area contributed by atoms with Crippen molar-refractivity contribution in [2.45, 2.75) is 55.8 Å². The summed E-state index contributed by atoms with van der Waals surface area (Å²) in [4.78, 5) is 11.3. The molecule has 0 saturated heterocycles. The van der Waals surface area contributed by atoms with E-state index < -0.39 is 5.97 Å². The van der Waals surface area contributed by atoms with Gasteiger partial charge in [0.2, 0.25) is 0 Å². The van der Waals surface area contributed by atoms with Crippen LogP contribution in [0.3, 0.4) is 0 Å². The molecule has 0 aliphatic heterocycles. The van der Waals surface area contributed by atoms with Crippen molar-refractivity contribution < 1.29 is 19.4 Å². The van der Waals surface area contributed by atoms with E-state index in [0.717, 1.165) is 29.9 Å². The molecule has 4 rings (SSSR count). The van der Waals surface area contributed by atoms with Crippen molar-refractivity contribution in [2.75, 3.05) is 14.2 Å². The van der Waals surface area contributed by atoms with Gasteiger partial charge in [-0.25, -0.2) is 0 Å². The number of rotatable bonds is 5. The Morgan fingerprint density at radius 1 is 1.23 bits per heavy atom. The SMILES string of the molecule is COc1cc(C2(CC(=O)O)CC2)c(OC)c2c1C1CCC2C1. The van der Waals surface area contributed by atoms with Gasteiger partial charge >= 0.3 is 5.97 Å². The van der Waals surface area contributed by atoms with E-state index in [1.54, 1.807) is 14.2 Å². The number of carbonyl (C=O) groups is 1. The standard InChI is InChI=1S/C18H22O4/c1-21-13-8-12(18(5-6-18)9-14(19)20)17(22-2)16-11-4-3-10(7-11)15(13)16/h8,10-11H,3-7,9H2,1-2H3,(H,19,20). The summed E-state index contributed by atoms with van der Waals surface area (Å²) in [6, 6.07) is 2.06. The van der Waals surface area contributed by atoms with Gasteiger partial charge in [-0.05, 0) is 50.0 Å². The number of aliphatic carboxylic acids is 1. The smallest absolute Gasteiger partial charge is 0.304 e. The lowest BCUT2D eigenvalue weighted by Gasteiger charge is -2.26. The normalized spacial score (nSPS) is 26.6. The molecular formula is C18H22O4. The van der Waals surface area contributed by atoms with Crippen LogP contribution in [0.5, 0.6) is 11.5 Å². The van der Waals surface area contributed by atoms with Gasteiger partial charge in [0.1, 0.15) is 11.5 Å². The van der Waals surface area contributed by atoms with E-state index >= 15 is 0 Å². The molecular weight excluding hydrogens is 280 g/mol. The maximum atomic E-state index is 11.3. The molecule has 0 radical (unpaired) electrons. The van der Waals surface area contributed by atoms with Crippen LogP contribution >= 0.6 is 0 Å². The van der Waals surface area contributed by atoms with Crippen LogP contribution in [0.25, 0.3) is 0 Å². The fraction of sp³-hybridized carbons (Fsp3) is 0.611. The molecule has 4 nitrogen and oxygen atoms in total. The highest BCUT2D eigenvalue weighted by Crippen LogP contribution is 2.63. The van der Waals surface area contributed by atoms with Gasteiger partial charge < -0.3 is 14.6 Å². The minimum absolute atomic E-state index is 0.180.